The lowest BCUT2D eigenvalue weighted by Gasteiger charge is -2.11. The molecular weight excluding hydrogens is 429 g/mol. The second-order valence-electron chi connectivity index (χ2n) is 6.54. The maximum atomic E-state index is 12.5. The molecule has 0 saturated carbocycles. The van der Waals surface area contributed by atoms with E-state index in [1.54, 1.807) is 30.3 Å². The molecule has 146 valence electrons. The van der Waals surface area contributed by atoms with E-state index in [4.69, 9.17) is 39.8 Å². The van der Waals surface area contributed by atoms with E-state index in [0.29, 0.717) is 27.2 Å². The summed E-state index contributed by atoms with van der Waals surface area (Å²) in [4.78, 5) is 17.2. The lowest BCUT2D eigenvalue weighted by atomic mass is 10.2. The summed E-state index contributed by atoms with van der Waals surface area (Å²) in [6.07, 6.45) is 0. The Bertz CT molecular complexity index is 1190. The summed E-state index contributed by atoms with van der Waals surface area (Å²) in [5.41, 5.74) is 3.38. The molecule has 29 heavy (non-hydrogen) atoms. The van der Waals surface area contributed by atoms with Gasteiger partial charge in [-0.25, -0.2) is 4.98 Å². The van der Waals surface area contributed by atoms with Gasteiger partial charge in [-0.1, -0.05) is 53.0 Å². The van der Waals surface area contributed by atoms with Crippen LogP contribution >= 0.6 is 34.8 Å². The van der Waals surface area contributed by atoms with Crippen molar-refractivity contribution in [2.45, 2.75) is 13.1 Å². The lowest BCUT2D eigenvalue weighted by Crippen LogP contribution is -2.24. The molecule has 7 heteroatoms. The van der Waals surface area contributed by atoms with Gasteiger partial charge >= 0.3 is 0 Å². The number of amides is 1. The second-order valence-corrected chi connectivity index (χ2v) is 7.79. The van der Waals surface area contributed by atoms with Crippen molar-refractivity contribution in [3.8, 4) is 0 Å². The monoisotopic (exact) mass is 443 g/mol. The van der Waals surface area contributed by atoms with Crippen LogP contribution in [-0.4, -0.2) is 15.5 Å². The Balaban J connectivity index is 1.61. The Morgan fingerprint density at radius 3 is 2.45 bits per heavy atom. The molecule has 0 atom stereocenters. The first-order valence-electron chi connectivity index (χ1n) is 8.93. The first kappa shape index (κ1) is 19.8. The smallest absolute Gasteiger partial charge is 0.251 e. The Labute approximate surface area is 183 Å². The minimum Gasteiger partial charge on any atom is -0.345 e. The standard InChI is InChI=1S/C22H16Cl3N3O/c23-16-8-6-15(7-9-16)22(29)26-12-21-27-19-3-1-2-4-20(19)28(21)13-14-5-10-17(24)18(25)11-14/h1-11H,12-13H2,(H,26,29). The number of aromatic nitrogens is 2. The number of hydrogen-bond acceptors (Lipinski definition) is 2. The number of para-hydroxylation sites is 2. The fraction of sp³-hybridized carbons (Fsp3) is 0.0909. The predicted octanol–water partition coefficient (Wildman–Crippen LogP) is 5.97. The van der Waals surface area contributed by atoms with E-state index < -0.39 is 0 Å². The number of hydrogen-bond donors (Lipinski definition) is 1. The third-order valence-electron chi connectivity index (χ3n) is 4.57. The summed E-state index contributed by atoms with van der Waals surface area (Å²) in [6.45, 7) is 0.848. The number of nitrogens with one attached hydrogen (secondary N) is 1. The van der Waals surface area contributed by atoms with Gasteiger partial charge in [-0.05, 0) is 54.1 Å². The molecule has 1 N–H and O–H groups in total. The van der Waals surface area contributed by atoms with Crippen molar-refractivity contribution in [2.75, 3.05) is 0 Å². The molecule has 0 saturated heterocycles. The van der Waals surface area contributed by atoms with Crippen LogP contribution in [0.25, 0.3) is 11.0 Å². The molecule has 4 nitrogen and oxygen atoms in total. The molecule has 4 rings (SSSR count). The zero-order valence-electron chi connectivity index (χ0n) is 15.2. The third kappa shape index (κ3) is 4.40. The van der Waals surface area contributed by atoms with E-state index in [2.05, 4.69) is 9.88 Å². The number of fused-ring (bicyclic) bond motifs is 1. The van der Waals surface area contributed by atoms with E-state index in [9.17, 15) is 4.79 Å². The summed E-state index contributed by atoms with van der Waals surface area (Å²) in [7, 11) is 0. The van der Waals surface area contributed by atoms with Crippen molar-refractivity contribution in [3.05, 3.63) is 98.7 Å². The van der Waals surface area contributed by atoms with Crippen LogP contribution in [0, 0.1) is 0 Å². The number of halogens is 3. The SMILES string of the molecule is O=C(NCc1nc2ccccc2n1Cc1ccc(Cl)c(Cl)c1)c1ccc(Cl)cc1. The number of carbonyl (C=O) groups is 1. The fourth-order valence-electron chi connectivity index (χ4n) is 3.12. The Morgan fingerprint density at radius 1 is 0.931 bits per heavy atom. The maximum absolute atomic E-state index is 12.5. The van der Waals surface area contributed by atoms with Crippen LogP contribution in [0.2, 0.25) is 15.1 Å². The molecule has 0 radical (unpaired) electrons. The van der Waals surface area contributed by atoms with Gasteiger partial charge < -0.3 is 9.88 Å². The van der Waals surface area contributed by atoms with Crippen LogP contribution < -0.4 is 5.32 Å². The van der Waals surface area contributed by atoms with E-state index in [1.165, 1.54) is 0 Å². The number of nitrogens with zero attached hydrogens (tertiary/aromatic N) is 2. The largest absolute Gasteiger partial charge is 0.345 e. The van der Waals surface area contributed by atoms with Gasteiger partial charge in [-0.3, -0.25) is 4.79 Å². The average molecular weight is 445 g/mol. The van der Waals surface area contributed by atoms with Gasteiger partial charge in [0.25, 0.3) is 5.91 Å². The normalized spacial score (nSPS) is 11.0. The van der Waals surface area contributed by atoms with Crippen LogP contribution in [0.1, 0.15) is 21.7 Å². The van der Waals surface area contributed by atoms with Gasteiger partial charge in [-0.2, -0.15) is 0 Å². The van der Waals surface area contributed by atoms with Crippen molar-refractivity contribution in [3.63, 3.8) is 0 Å². The number of carbonyl (C=O) groups excluding carboxylic acids is 1. The molecule has 1 aromatic heterocycles. The summed E-state index contributed by atoms with van der Waals surface area (Å²) < 4.78 is 2.07. The summed E-state index contributed by atoms with van der Waals surface area (Å²) in [6, 6.07) is 20.2. The van der Waals surface area contributed by atoms with Crippen LogP contribution in [0.4, 0.5) is 0 Å². The van der Waals surface area contributed by atoms with Gasteiger partial charge in [0.05, 0.1) is 27.6 Å². The summed E-state index contributed by atoms with van der Waals surface area (Å²) in [5, 5.41) is 4.54. The molecule has 0 aliphatic heterocycles. The highest BCUT2D eigenvalue weighted by Gasteiger charge is 2.13. The van der Waals surface area contributed by atoms with Gasteiger partial charge in [0.2, 0.25) is 0 Å². The van der Waals surface area contributed by atoms with E-state index in [-0.39, 0.29) is 12.5 Å². The van der Waals surface area contributed by atoms with Crippen molar-refractivity contribution >= 4 is 51.7 Å². The molecule has 0 unspecified atom stereocenters. The Kier molecular flexibility index (Phi) is 5.76. The van der Waals surface area contributed by atoms with Crippen molar-refractivity contribution in [1.82, 2.24) is 14.9 Å². The molecule has 0 fully saturated rings. The first-order chi connectivity index (χ1) is 14.0. The van der Waals surface area contributed by atoms with E-state index in [1.807, 2.05) is 36.4 Å². The van der Waals surface area contributed by atoms with E-state index in [0.717, 1.165) is 22.4 Å². The third-order valence-corrected chi connectivity index (χ3v) is 5.56. The summed E-state index contributed by atoms with van der Waals surface area (Å²) >= 11 is 18.1. The minimum absolute atomic E-state index is 0.185. The Hall–Kier alpha value is -2.53. The zero-order valence-corrected chi connectivity index (χ0v) is 17.5. The van der Waals surface area contributed by atoms with Crippen LogP contribution in [0.5, 0.6) is 0 Å². The van der Waals surface area contributed by atoms with Gasteiger partial charge in [0.1, 0.15) is 5.82 Å². The van der Waals surface area contributed by atoms with Crippen molar-refractivity contribution in [1.29, 1.82) is 0 Å². The fourth-order valence-corrected chi connectivity index (χ4v) is 3.57. The van der Waals surface area contributed by atoms with Crippen molar-refractivity contribution < 1.29 is 4.79 Å². The van der Waals surface area contributed by atoms with Crippen LogP contribution in [0.15, 0.2) is 66.7 Å². The topological polar surface area (TPSA) is 46.9 Å². The molecule has 3 aromatic carbocycles. The lowest BCUT2D eigenvalue weighted by molar-refractivity contribution is 0.0949. The van der Waals surface area contributed by atoms with Gasteiger partial charge in [0.15, 0.2) is 0 Å². The van der Waals surface area contributed by atoms with E-state index >= 15 is 0 Å². The van der Waals surface area contributed by atoms with Crippen molar-refractivity contribution in [2.24, 2.45) is 0 Å². The van der Waals surface area contributed by atoms with Crippen LogP contribution in [-0.2, 0) is 13.1 Å². The molecule has 0 bridgehead atoms. The second kappa shape index (κ2) is 8.46. The number of rotatable bonds is 5. The average Bonchev–Trinajstić information content (AvgIpc) is 3.07. The molecular formula is C22H16Cl3N3O. The highest BCUT2D eigenvalue weighted by Crippen LogP contribution is 2.24. The maximum Gasteiger partial charge on any atom is 0.251 e. The van der Waals surface area contributed by atoms with Gasteiger partial charge in [-0.15, -0.1) is 0 Å². The first-order valence-corrected chi connectivity index (χ1v) is 10.1. The quantitative estimate of drug-likeness (QED) is 0.412. The molecule has 0 aliphatic rings. The van der Waals surface area contributed by atoms with Gasteiger partial charge in [0, 0.05) is 17.1 Å². The predicted molar refractivity (Wildman–Crippen MR) is 118 cm³/mol. The highest BCUT2D eigenvalue weighted by molar-refractivity contribution is 6.42. The zero-order chi connectivity index (χ0) is 20.4. The number of imidazole rings is 1. The molecule has 1 amide bonds. The van der Waals surface area contributed by atoms with Crippen LogP contribution in [0.3, 0.4) is 0 Å². The molecule has 0 aliphatic carbocycles. The number of benzene rings is 3. The summed E-state index contributed by atoms with van der Waals surface area (Å²) in [5.74, 6) is 0.564. The highest BCUT2D eigenvalue weighted by atomic mass is 35.5. The molecule has 0 spiro atoms. The molecule has 4 aromatic rings. The molecule has 1 heterocycles. The minimum atomic E-state index is -0.185. The Morgan fingerprint density at radius 2 is 1.69 bits per heavy atom.